The largest absolute Gasteiger partial charge is 0.308 e. The molecule has 0 unspecified atom stereocenters. The van der Waals surface area contributed by atoms with Gasteiger partial charge in [0, 0.05) is 66.9 Å². The molecule has 0 atom stereocenters. The Bertz CT molecular complexity index is 4200. The average molecular weight is 894 g/mol. The molecule has 8 aromatic carbocycles. The van der Waals surface area contributed by atoms with Gasteiger partial charge in [-0.3, -0.25) is 13.7 Å². The second-order valence-electron chi connectivity index (χ2n) is 18.1. The molecule has 7 heterocycles. The molecule has 7 heteroatoms. The van der Waals surface area contributed by atoms with Crippen molar-refractivity contribution in [3.63, 3.8) is 0 Å². The van der Waals surface area contributed by atoms with E-state index in [9.17, 15) is 0 Å². The summed E-state index contributed by atoms with van der Waals surface area (Å²) in [6.07, 6.45) is 5.79. The molecule has 7 nitrogen and oxygen atoms in total. The summed E-state index contributed by atoms with van der Waals surface area (Å²) in [5.41, 5.74) is 16.3. The summed E-state index contributed by atoms with van der Waals surface area (Å²) in [6.45, 7) is 0. The Morgan fingerprint density at radius 3 is 1.16 bits per heavy atom. The molecule has 0 aliphatic rings. The van der Waals surface area contributed by atoms with Gasteiger partial charge in [-0.1, -0.05) is 109 Å². The van der Waals surface area contributed by atoms with E-state index in [-0.39, 0.29) is 0 Å². The molecule has 0 radical (unpaired) electrons. The third-order valence-corrected chi connectivity index (χ3v) is 14.3. The lowest BCUT2D eigenvalue weighted by atomic mass is 10.0. The fraction of sp³-hybridized carbons (Fsp3) is 0. The molecule has 70 heavy (non-hydrogen) atoms. The van der Waals surface area contributed by atoms with Gasteiger partial charge >= 0.3 is 0 Å². The van der Waals surface area contributed by atoms with Gasteiger partial charge in [0.05, 0.1) is 45.0 Å². The predicted molar refractivity (Wildman–Crippen MR) is 288 cm³/mol. The zero-order valence-corrected chi connectivity index (χ0v) is 37.6. The van der Waals surface area contributed by atoms with Crippen LogP contribution in [0.5, 0.6) is 0 Å². The maximum atomic E-state index is 5.34. The van der Waals surface area contributed by atoms with Crippen LogP contribution in [0.15, 0.2) is 237 Å². The molecule has 0 bridgehead atoms. The van der Waals surface area contributed by atoms with Crippen molar-refractivity contribution in [1.29, 1.82) is 0 Å². The molecule has 0 saturated heterocycles. The number of benzene rings is 8. The maximum absolute atomic E-state index is 5.34. The van der Waals surface area contributed by atoms with Gasteiger partial charge in [0.25, 0.3) is 0 Å². The van der Waals surface area contributed by atoms with E-state index in [1.165, 1.54) is 43.8 Å². The minimum atomic E-state index is 0.833. The standard InChI is InChI=1S/C63H39N7/c1-3-13-40(14-4-1)42-23-28-57-51(35-42)52-36-43(41-15-5-2-6-16-41)24-29-58(52)67(57)46-27-32-61(66-39-46)70-59-30-25-44(68-55-21-9-7-17-47(55)49-19-11-33-64-62(49)68)37-53(59)54-38-45(26-31-60(54)70)69-56-22-10-8-18-48(56)50-20-12-34-65-63(50)69/h1-39H. The molecular weight excluding hydrogens is 855 g/mol. The van der Waals surface area contributed by atoms with E-state index in [0.29, 0.717) is 0 Å². The van der Waals surface area contributed by atoms with Crippen molar-refractivity contribution < 1.29 is 0 Å². The van der Waals surface area contributed by atoms with Crippen LogP contribution in [0.3, 0.4) is 0 Å². The molecule has 15 aromatic rings. The molecule has 0 fully saturated rings. The summed E-state index contributed by atoms with van der Waals surface area (Å²) in [5, 5.41) is 9.23. The first-order chi connectivity index (χ1) is 34.7. The van der Waals surface area contributed by atoms with Crippen LogP contribution in [-0.4, -0.2) is 33.2 Å². The van der Waals surface area contributed by atoms with Gasteiger partial charge in [-0.15, -0.1) is 0 Å². The van der Waals surface area contributed by atoms with Crippen LogP contribution in [0.1, 0.15) is 0 Å². The summed E-state index contributed by atoms with van der Waals surface area (Å²) in [4.78, 5) is 15.2. The molecule has 0 N–H and O–H groups in total. The number of nitrogens with zero attached hydrogens (tertiary/aromatic N) is 7. The van der Waals surface area contributed by atoms with Crippen molar-refractivity contribution in [3.05, 3.63) is 237 Å². The van der Waals surface area contributed by atoms with Gasteiger partial charge in [0.15, 0.2) is 0 Å². The van der Waals surface area contributed by atoms with Crippen molar-refractivity contribution in [2.75, 3.05) is 0 Å². The number of rotatable bonds is 6. The number of fused-ring (bicyclic) bond motifs is 12. The molecule has 0 amide bonds. The maximum Gasteiger partial charge on any atom is 0.145 e. The Kier molecular flexibility index (Phi) is 8.23. The molecular formula is C63H39N7. The Balaban J connectivity index is 0.937. The SMILES string of the molecule is c1ccc(-c2ccc3c(c2)c2cc(-c4ccccc4)ccc2n3-c2ccc(-n3c4ccc(-n5c6ccccc6c6cccnc65)cc4c4cc(-n5c6ccccc6c6cccnc65)ccc43)nc2)cc1. The molecule has 15 rings (SSSR count). The summed E-state index contributed by atoms with van der Waals surface area (Å²) >= 11 is 0. The van der Waals surface area contributed by atoms with E-state index in [4.69, 9.17) is 15.0 Å². The first-order valence-corrected chi connectivity index (χ1v) is 23.7. The molecule has 0 aliphatic carbocycles. The van der Waals surface area contributed by atoms with Crippen molar-refractivity contribution in [3.8, 4) is 45.1 Å². The van der Waals surface area contributed by atoms with Crippen LogP contribution in [0.2, 0.25) is 0 Å². The van der Waals surface area contributed by atoms with Crippen LogP contribution in [0, 0.1) is 0 Å². The molecule has 0 aliphatic heterocycles. The van der Waals surface area contributed by atoms with E-state index in [1.54, 1.807) is 0 Å². The van der Waals surface area contributed by atoms with Crippen molar-refractivity contribution in [1.82, 2.24) is 33.2 Å². The Labute approximate surface area is 401 Å². The van der Waals surface area contributed by atoms with Crippen molar-refractivity contribution in [2.45, 2.75) is 0 Å². The second-order valence-corrected chi connectivity index (χ2v) is 18.1. The fourth-order valence-electron chi connectivity index (χ4n) is 11.2. The van der Waals surface area contributed by atoms with Gasteiger partial charge in [-0.2, -0.15) is 0 Å². The van der Waals surface area contributed by atoms with Gasteiger partial charge < -0.3 is 4.57 Å². The third kappa shape index (κ3) is 5.66. The highest BCUT2D eigenvalue weighted by molar-refractivity contribution is 6.14. The summed E-state index contributed by atoms with van der Waals surface area (Å²) in [5.74, 6) is 0.833. The highest BCUT2D eigenvalue weighted by atomic mass is 15.1. The Morgan fingerprint density at radius 1 is 0.243 bits per heavy atom. The van der Waals surface area contributed by atoms with E-state index in [0.717, 1.165) is 88.8 Å². The predicted octanol–water partition coefficient (Wildman–Crippen LogP) is 15.6. The zero-order chi connectivity index (χ0) is 45.9. The number of aromatic nitrogens is 7. The van der Waals surface area contributed by atoms with E-state index in [2.05, 4.69) is 225 Å². The van der Waals surface area contributed by atoms with Crippen LogP contribution < -0.4 is 0 Å². The van der Waals surface area contributed by atoms with Crippen LogP contribution in [0.25, 0.3) is 133 Å². The summed E-state index contributed by atoms with van der Waals surface area (Å²) < 4.78 is 9.24. The van der Waals surface area contributed by atoms with Gasteiger partial charge in [0.2, 0.25) is 0 Å². The van der Waals surface area contributed by atoms with Gasteiger partial charge in [-0.25, -0.2) is 15.0 Å². The lowest BCUT2D eigenvalue weighted by Crippen LogP contribution is -2.01. The fourth-order valence-corrected chi connectivity index (χ4v) is 11.2. The molecule has 0 saturated carbocycles. The molecule has 0 spiro atoms. The lowest BCUT2D eigenvalue weighted by Gasteiger charge is -2.12. The first kappa shape index (κ1) is 38.5. The quantitative estimate of drug-likeness (QED) is 0.167. The van der Waals surface area contributed by atoms with E-state index < -0.39 is 0 Å². The van der Waals surface area contributed by atoms with Crippen molar-refractivity contribution >= 4 is 87.5 Å². The first-order valence-electron chi connectivity index (χ1n) is 23.7. The van der Waals surface area contributed by atoms with Crippen LogP contribution in [0.4, 0.5) is 0 Å². The zero-order valence-electron chi connectivity index (χ0n) is 37.6. The van der Waals surface area contributed by atoms with E-state index >= 15 is 0 Å². The van der Waals surface area contributed by atoms with Crippen LogP contribution >= 0.6 is 0 Å². The smallest absolute Gasteiger partial charge is 0.145 e. The van der Waals surface area contributed by atoms with Gasteiger partial charge in [-0.05, 0) is 131 Å². The average Bonchev–Trinajstić information content (AvgIpc) is 4.16. The summed E-state index contributed by atoms with van der Waals surface area (Å²) in [7, 11) is 0. The Morgan fingerprint density at radius 2 is 0.657 bits per heavy atom. The molecule has 7 aromatic heterocycles. The monoisotopic (exact) mass is 893 g/mol. The lowest BCUT2D eigenvalue weighted by molar-refractivity contribution is 1.05. The third-order valence-electron chi connectivity index (χ3n) is 14.3. The Hall–Kier alpha value is -9.59. The summed E-state index contributed by atoms with van der Waals surface area (Å²) in [6, 6.07) is 78.4. The normalized spacial score (nSPS) is 12.0. The number of hydrogen-bond donors (Lipinski definition) is 0. The second kappa shape index (κ2) is 15.0. The minimum Gasteiger partial charge on any atom is -0.308 e. The van der Waals surface area contributed by atoms with Crippen molar-refractivity contribution in [2.24, 2.45) is 0 Å². The van der Waals surface area contributed by atoms with E-state index in [1.807, 2.05) is 30.7 Å². The number of para-hydroxylation sites is 2. The minimum absolute atomic E-state index is 0.833. The van der Waals surface area contributed by atoms with Crippen LogP contribution in [-0.2, 0) is 0 Å². The van der Waals surface area contributed by atoms with Gasteiger partial charge in [0.1, 0.15) is 17.1 Å². The highest BCUT2D eigenvalue weighted by Crippen LogP contribution is 2.41. The highest BCUT2D eigenvalue weighted by Gasteiger charge is 2.21. The number of pyridine rings is 3. The topological polar surface area (TPSA) is 58.4 Å². The number of hydrogen-bond acceptors (Lipinski definition) is 3. The molecule has 326 valence electrons.